The first-order valence-electron chi connectivity index (χ1n) is 14.2. The molecule has 3 N–H and O–H groups in total. The molecule has 1 aliphatic carbocycles. The summed E-state index contributed by atoms with van der Waals surface area (Å²) in [5.74, 6) is 1.11. The minimum absolute atomic E-state index is 0.00602. The maximum absolute atomic E-state index is 12.6. The third-order valence-corrected chi connectivity index (χ3v) is 6.88. The molecular weight excluding hydrogens is 541 g/mol. The highest BCUT2D eigenvalue weighted by Crippen LogP contribution is 2.45. The van der Waals surface area contributed by atoms with Crippen LogP contribution in [0.1, 0.15) is 64.0 Å². The van der Waals surface area contributed by atoms with Crippen LogP contribution in [-0.4, -0.2) is 56.6 Å². The molecule has 224 valence electrons. The molecule has 10 heteroatoms. The molecule has 0 bridgehead atoms. The number of carbonyl (C=O) groups excluding carboxylic acids is 1. The predicted octanol–water partition coefficient (Wildman–Crippen LogP) is 6.89. The molecule has 2 aromatic rings. The second kappa shape index (κ2) is 16.8. The molecule has 7 nitrogen and oxygen atoms in total. The van der Waals surface area contributed by atoms with Crippen LogP contribution in [0.5, 0.6) is 0 Å². The van der Waals surface area contributed by atoms with E-state index in [2.05, 4.69) is 56.3 Å². The molecule has 1 saturated heterocycles. The van der Waals surface area contributed by atoms with Crippen molar-refractivity contribution in [2.75, 3.05) is 43.4 Å². The number of alkyl halides is 2. The number of nitrogens with two attached hydrogens (primary N) is 1. The molecule has 0 amide bonds. The van der Waals surface area contributed by atoms with Crippen molar-refractivity contribution < 1.29 is 13.6 Å². The number of allylic oxidation sites excluding steroid dienone is 1. The SMILES string of the molecule is CC.CC/C=C1\CN(c2ccc(N=CN=C(C)N)c(C3CC3)c2)CCN1CC=O.CNc1ccc(C(F)(F)P)cc1. The quantitative estimate of drug-likeness (QED) is 0.145. The summed E-state index contributed by atoms with van der Waals surface area (Å²) in [6.45, 7) is 11.0. The number of nitrogens with zero attached hydrogens (tertiary/aromatic N) is 4. The van der Waals surface area contributed by atoms with Crippen LogP contribution in [0.25, 0.3) is 0 Å². The number of hydrogen-bond donors (Lipinski definition) is 2. The fourth-order valence-corrected chi connectivity index (χ4v) is 4.52. The Bertz CT molecular complexity index is 1190. The van der Waals surface area contributed by atoms with Crippen LogP contribution in [0, 0.1) is 0 Å². The normalized spacial score (nSPS) is 16.6. The first-order chi connectivity index (χ1) is 19.7. The number of halogens is 2. The molecule has 2 aliphatic rings. The zero-order valence-electron chi connectivity index (χ0n) is 24.9. The van der Waals surface area contributed by atoms with E-state index in [1.165, 1.54) is 57.5 Å². The Kier molecular flexibility index (Phi) is 13.9. The largest absolute Gasteiger partial charge is 0.388 e. The summed E-state index contributed by atoms with van der Waals surface area (Å²) in [5.41, 5.74) is 8.32. The number of piperazine rings is 1. The third-order valence-electron chi connectivity index (χ3n) is 6.54. The summed E-state index contributed by atoms with van der Waals surface area (Å²) >= 11 is 0. The van der Waals surface area contributed by atoms with Gasteiger partial charge in [-0.05, 0) is 68.0 Å². The van der Waals surface area contributed by atoms with Gasteiger partial charge in [-0.3, -0.25) is 0 Å². The second-order valence-corrected chi connectivity index (χ2v) is 10.3. The van der Waals surface area contributed by atoms with E-state index in [0.717, 1.165) is 43.7 Å². The highest BCUT2D eigenvalue weighted by molar-refractivity contribution is 7.17. The maximum atomic E-state index is 12.6. The Hall–Kier alpha value is -3.32. The van der Waals surface area contributed by atoms with Gasteiger partial charge in [-0.25, -0.2) is 9.98 Å². The fraction of sp³-hybridized carbons (Fsp3) is 0.452. The Balaban J connectivity index is 0.000000352. The number of carbonyl (C=O) groups is 1. The van der Waals surface area contributed by atoms with Gasteiger partial charge in [0, 0.05) is 42.8 Å². The summed E-state index contributed by atoms with van der Waals surface area (Å²) < 4.78 is 25.3. The minimum atomic E-state index is -2.83. The number of amidine groups is 1. The number of rotatable bonds is 9. The average molecular weight is 587 g/mol. The van der Waals surface area contributed by atoms with Crippen molar-refractivity contribution in [3.05, 3.63) is 65.4 Å². The fourth-order valence-electron chi connectivity index (χ4n) is 4.33. The van der Waals surface area contributed by atoms with Crippen LogP contribution in [0.15, 0.2) is 64.2 Å². The Labute approximate surface area is 246 Å². The van der Waals surface area contributed by atoms with Gasteiger partial charge in [0.2, 0.25) is 0 Å². The van der Waals surface area contributed by atoms with Crippen LogP contribution < -0.4 is 16.0 Å². The summed E-state index contributed by atoms with van der Waals surface area (Å²) in [6, 6.07) is 12.5. The van der Waals surface area contributed by atoms with E-state index in [-0.39, 0.29) is 5.56 Å². The van der Waals surface area contributed by atoms with Gasteiger partial charge in [0.15, 0.2) is 0 Å². The minimum Gasteiger partial charge on any atom is -0.388 e. The average Bonchev–Trinajstić information content (AvgIpc) is 3.81. The summed E-state index contributed by atoms with van der Waals surface area (Å²) in [7, 11) is 3.25. The lowest BCUT2D eigenvalue weighted by Gasteiger charge is -2.39. The van der Waals surface area contributed by atoms with Crippen LogP contribution in [0.3, 0.4) is 0 Å². The molecular formula is C31H45F2N6OP. The van der Waals surface area contributed by atoms with E-state index in [9.17, 15) is 13.6 Å². The second-order valence-electron chi connectivity index (χ2n) is 9.62. The van der Waals surface area contributed by atoms with E-state index < -0.39 is 5.66 Å². The zero-order valence-corrected chi connectivity index (χ0v) is 26.1. The van der Waals surface area contributed by atoms with Gasteiger partial charge in [-0.2, -0.15) is 8.78 Å². The number of aliphatic imine (C=N–C) groups is 2. The molecule has 2 fully saturated rings. The molecule has 4 rings (SSSR count). The molecule has 0 radical (unpaired) electrons. The van der Waals surface area contributed by atoms with Crippen molar-refractivity contribution in [3.8, 4) is 0 Å². The summed E-state index contributed by atoms with van der Waals surface area (Å²) in [5, 5.41) is 2.85. The molecule has 1 aliphatic heterocycles. The molecule has 1 saturated carbocycles. The van der Waals surface area contributed by atoms with Crippen LogP contribution >= 0.6 is 9.24 Å². The zero-order chi connectivity index (χ0) is 30.4. The molecule has 1 heterocycles. The standard InChI is InChI=1S/C21H29N5O.C8H10F2NP.C2H6/c1-3-4-19-14-26(10-9-25(19)11-12-27)18-7-8-21(24-15-23-16(2)22)20(13-18)17-5-6-17;1-11-7-4-2-6(3-5-7)8(9,10)12;1-2/h4,7-8,12-13,15,17H,3,5-6,9-11,14H2,1-2H3,(H2,22,23,24);2-5,11H,12H2,1H3;1-2H3/b19-4+;;. The smallest absolute Gasteiger partial charge is 0.283 e. The molecule has 0 spiro atoms. The lowest BCUT2D eigenvalue weighted by Crippen LogP contribution is -2.45. The maximum Gasteiger partial charge on any atom is 0.283 e. The topological polar surface area (TPSA) is 86.3 Å². The number of aldehydes is 1. The van der Waals surface area contributed by atoms with E-state index in [0.29, 0.717) is 18.3 Å². The van der Waals surface area contributed by atoms with Crippen LogP contribution in [-0.2, 0) is 10.5 Å². The van der Waals surface area contributed by atoms with Gasteiger partial charge in [0.1, 0.15) is 12.6 Å². The van der Waals surface area contributed by atoms with Crippen LogP contribution in [0.4, 0.5) is 25.8 Å². The van der Waals surface area contributed by atoms with E-state index in [1.54, 1.807) is 26.1 Å². The first-order valence-corrected chi connectivity index (χ1v) is 14.8. The third kappa shape index (κ3) is 10.9. The van der Waals surface area contributed by atoms with Crippen molar-refractivity contribution >= 4 is 44.8 Å². The lowest BCUT2D eigenvalue weighted by molar-refractivity contribution is -0.108. The number of benzene rings is 2. The van der Waals surface area contributed by atoms with Crippen molar-refractivity contribution in [2.45, 2.75) is 58.5 Å². The Morgan fingerprint density at radius 3 is 2.39 bits per heavy atom. The number of nitrogens with one attached hydrogen (secondary N) is 1. The monoisotopic (exact) mass is 586 g/mol. The van der Waals surface area contributed by atoms with Gasteiger partial charge in [-0.15, -0.1) is 0 Å². The van der Waals surface area contributed by atoms with Crippen molar-refractivity contribution in [1.82, 2.24) is 4.90 Å². The van der Waals surface area contributed by atoms with Crippen molar-refractivity contribution in [2.24, 2.45) is 15.7 Å². The highest BCUT2D eigenvalue weighted by atomic mass is 31.0. The first kappa shape index (κ1) is 33.9. The van der Waals surface area contributed by atoms with E-state index in [1.807, 2.05) is 13.8 Å². The van der Waals surface area contributed by atoms with Gasteiger partial charge >= 0.3 is 0 Å². The summed E-state index contributed by atoms with van der Waals surface area (Å²) in [6.07, 6.45) is 8.17. The van der Waals surface area contributed by atoms with Crippen molar-refractivity contribution in [1.29, 1.82) is 0 Å². The van der Waals surface area contributed by atoms with Gasteiger partial charge in [0.25, 0.3) is 5.66 Å². The van der Waals surface area contributed by atoms with Crippen LogP contribution in [0.2, 0.25) is 0 Å². The molecule has 1 unspecified atom stereocenters. The molecule has 0 aromatic heterocycles. The number of hydrogen-bond acceptors (Lipinski definition) is 5. The van der Waals surface area contributed by atoms with Gasteiger partial charge in [-0.1, -0.05) is 48.2 Å². The van der Waals surface area contributed by atoms with Crippen molar-refractivity contribution in [3.63, 3.8) is 0 Å². The van der Waals surface area contributed by atoms with E-state index >= 15 is 0 Å². The Morgan fingerprint density at radius 1 is 1.17 bits per heavy atom. The Morgan fingerprint density at radius 2 is 1.85 bits per heavy atom. The summed E-state index contributed by atoms with van der Waals surface area (Å²) in [4.78, 5) is 24.1. The number of anilines is 2. The molecule has 41 heavy (non-hydrogen) atoms. The lowest BCUT2D eigenvalue weighted by atomic mass is 10.1. The molecule has 1 atom stereocenters. The predicted molar refractivity (Wildman–Crippen MR) is 173 cm³/mol. The van der Waals surface area contributed by atoms with Gasteiger partial charge in [0.05, 0.1) is 24.6 Å². The van der Waals surface area contributed by atoms with E-state index in [4.69, 9.17) is 5.73 Å². The highest BCUT2D eigenvalue weighted by Gasteiger charge is 2.28. The van der Waals surface area contributed by atoms with Gasteiger partial charge < -0.3 is 25.6 Å². The molecule has 2 aromatic carbocycles.